The van der Waals surface area contributed by atoms with Gasteiger partial charge in [-0.2, -0.15) is 8.42 Å². The summed E-state index contributed by atoms with van der Waals surface area (Å²) in [5, 5.41) is 0. The summed E-state index contributed by atoms with van der Waals surface area (Å²) in [7, 11) is -3.64. The molecule has 0 aliphatic carbocycles. The van der Waals surface area contributed by atoms with Crippen LogP contribution in [0.25, 0.3) is 0 Å². The lowest BCUT2D eigenvalue weighted by atomic mass is 9.90. The van der Waals surface area contributed by atoms with E-state index < -0.39 is 40.2 Å². The number of likely N-dealkylation sites (tertiary alicyclic amines) is 1. The molecule has 0 saturated carbocycles. The zero-order chi connectivity index (χ0) is 17.2. The molecule has 6 nitrogen and oxygen atoms in total. The summed E-state index contributed by atoms with van der Waals surface area (Å²) in [5.41, 5.74) is -0.744. The fourth-order valence-electron chi connectivity index (χ4n) is 2.17. The van der Waals surface area contributed by atoms with E-state index in [0.29, 0.717) is 0 Å². The highest BCUT2D eigenvalue weighted by Crippen LogP contribution is 2.35. The summed E-state index contributed by atoms with van der Waals surface area (Å²) < 4.78 is 59.4. The summed E-state index contributed by atoms with van der Waals surface area (Å²) in [6.07, 6.45) is 0.0932. The highest BCUT2D eigenvalue weighted by Gasteiger charge is 2.46. The van der Waals surface area contributed by atoms with E-state index in [0.717, 1.165) is 11.2 Å². The fraction of sp³-hybridized carbons (Fsp3) is 0.923. The molecule has 1 fully saturated rings. The Morgan fingerprint density at radius 3 is 2.41 bits per heavy atom. The van der Waals surface area contributed by atoms with Gasteiger partial charge in [0, 0.05) is 12.5 Å². The van der Waals surface area contributed by atoms with Crippen molar-refractivity contribution in [3.8, 4) is 0 Å². The van der Waals surface area contributed by atoms with Gasteiger partial charge in [0.25, 0.3) is 16.0 Å². The fourth-order valence-corrected chi connectivity index (χ4v) is 2.56. The zero-order valence-corrected chi connectivity index (χ0v) is 14.1. The Morgan fingerprint density at radius 1 is 1.36 bits per heavy atom. The molecule has 22 heavy (non-hydrogen) atoms. The third kappa shape index (κ3) is 6.43. The van der Waals surface area contributed by atoms with Gasteiger partial charge in [-0.05, 0) is 33.6 Å². The van der Waals surface area contributed by atoms with Gasteiger partial charge in [0.05, 0.1) is 19.4 Å². The van der Waals surface area contributed by atoms with Crippen LogP contribution in [-0.2, 0) is 19.0 Å². The monoisotopic (exact) mass is 343 g/mol. The first-order valence-corrected chi connectivity index (χ1v) is 8.82. The predicted molar refractivity (Wildman–Crippen MR) is 76.3 cm³/mol. The molecule has 0 radical (unpaired) electrons. The lowest BCUT2D eigenvalue weighted by molar-refractivity contribution is -0.114. The molecule has 1 atom stereocenters. The molecule has 0 N–H and O–H groups in total. The molecule has 1 amide bonds. The number of alkyl halides is 2. The van der Waals surface area contributed by atoms with E-state index in [9.17, 15) is 22.0 Å². The Kier molecular flexibility index (Phi) is 5.77. The average molecular weight is 343 g/mol. The van der Waals surface area contributed by atoms with E-state index in [-0.39, 0.29) is 26.0 Å². The first kappa shape index (κ1) is 19.1. The number of carbonyl (C=O) groups is 1. The minimum Gasteiger partial charge on any atom is -0.444 e. The lowest BCUT2D eigenvalue weighted by Gasteiger charge is -2.38. The van der Waals surface area contributed by atoms with Crippen LogP contribution in [0.5, 0.6) is 0 Å². The maximum absolute atomic E-state index is 14.1. The Labute approximate surface area is 129 Å². The highest BCUT2D eigenvalue weighted by molar-refractivity contribution is 7.85. The van der Waals surface area contributed by atoms with Crippen LogP contribution >= 0.6 is 0 Å². The predicted octanol–water partition coefficient (Wildman–Crippen LogP) is 2.25. The molecule has 1 saturated heterocycles. The second kappa shape index (κ2) is 6.66. The van der Waals surface area contributed by atoms with Crippen molar-refractivity contribution >= 4 is 16.2 Å². The SMILES string of the molecule is CC(C)(C)OC(=O)N1CC[C@H](CCOS(C)(=O)=O)C(F)(F)C1. The van der Waals surface area contributed by atoms with E-state index in [2.05, 4.69) is 4.18 Å². The Morgan fingerprint density at radius 2 is 1.95 bits per heavy atom. The number of ether oxygens (including phenoxy) is 1. The molecule has 130 valence electrons. The number of amides is 1. The van der Waals surface area contributed by atoms with Crippen molar-refractivity contribution in [3.63, 3.8) is 0 Å². The lowest BCUT2D eigenvalue weighted by Crippen LogP contribution is -2.52. The molecule has 0 aromatic heterocycles. The van der Waals surface area contributed by atoms with Crippen molar-refractivity contribution in [1.82, 2.24) is 4.90 Å². The molecule has 0 spiro atoms. The second-order valence-electron chi connectivity index (χ2n) is 6.46. The van der Waals surface area contributed by atoms with Crippen molar-refractivity contribution in [1.29, 1.82) is 0 Å². The molecule has 1 aliphatic heterocycles. The number of nitrogens with zero attached hydrogens (tertiary/aromatic N) is 1. The number of hydrogen-bond donors (Lipinski definition) is 0. The van der Waals surface area contributed by atoms with Crippen LogP contribution < -0.4 is 0 Å². The van der Waals surface area contributed by atoms with Crippen LogP contribution in [0.2, 0.25) is 0 Å². The molecule has 0 aromatic rings. The summed E-state index contributed by atoms with van der Waals surface area (Å²) >= 11 is 0. The molecule has 9 heteroatoms. The molecule has 1 rings (SSSR count). The van der Waals surface area contributed by atoms with Gasteiger partial charge in [-0.3, -0.25) is 4.18 Å². The summed E-state index contributed by atoms with van der Waals surface area (Å²) in [4.78, 5) is 12.8. The van der Waals surface area contributed by atoms with Gasteiger partial charge in [0.15, 0.2) is 0 Å². The first-order chi connectivity index (χ1) is 9.80. The molecule has 0 unspecified atom stereocenters. The van der Waals surface area contributed by atoms with Crippen molar-refractivity contribution in [3.05, 3.63) is 0 Å². The molecular weight excluding hydrogens is 320 g/mol. The number of carbonyl (C=O) groups excluding carboxylic acids is 1. The summed E-state index contributed by atoms with van der Waals surface area (Å²) in [6.45, 7) is 4.12. The second-order valence-corrected chi connectivity index (χ2v) is 8.11. The van der Waals surface area contributed by atoms with Crippen molar-refractivity contribution < 1.29 is 30.9 Å². The maximum Gasteiger partial charge on any atom is 0.410 e. The molecular formula is C13H23F2NO5S. The van der Waals surface area contributed by atoms with Crippen molar-refractivity contribution in [2.45, 2.75) is 45.1 Å². The van der Waals surface area contributed by atoms with Crippen LogP contribution in [0.15, 0.2) is 0 Å². The third-order valence-electron chi connectivity index (χ3n) is 3.16. The van der Waals surface area contributed by atoms with Gasteiger partial charge in [-0.1, -0.05) is 0 Å². The van der Waals surface area contributed by atoms with Gasteiger partial charge in [-0.15, -0.1) is 0 Å². The molecule has 0 bridgehead atoms. The average Bonchev–Trinajstić information content (AvgIpc) is 2.26. The quantitative estimate of drug-likeness (QED) is 0.732. The van der Waals surface area contributed by atoms with E-state index in [1.165, 1.54) is 0 Å². The topological polar surface area (TPSA) is 72.9 Å². The number of rotatable bonds is 4. The maximum atomic E-state index is 14.1. The minimum absolute atomic E-state index is 0.0688. The highest BCUT2D eigenvalue weighted by atomic mass is 32.2. The molecule has 0 aromatic carbocycles. The summed E-state index contributed by atoms with van der Waals surface area (Å²) in [5.74, 6) is -4.12. The van der Waals surface area contributed by atoms with Crippen molar-refractivity contribution in [2.75, 3.05) is 26.0 Å². The van der Waals surface area contributed by atoms with E-state index in [1.54, 1.807) is 20.8 Å². The number of hydrogen-bond acceptors (Lipinski definition) is 5. The standard InChI is InChI=1S/C13H23F2NO5S/c1-12(2,3)21-11(17)16-7-5-10(13(14,15)9-16)6-8-20-22(4,18)19/h10H,5-9H2,1-4H3/t10-/m1/s1. The Balaban J connectivity index is 2.56. The number of halogens is 2. The molecule has 1 aliphatic rings. The van der Waals surface area contributed by atoms with Crippen molar-refractivity contribution in [2.24, 2.45) is 5.92 Å². The van der Waals surface area contributed by atoms with Crippen LogP contribution in [-0.4, -0.2) is 56.9 Å². The van der Waals surface area contributed by atoms with E-state index in [4.69, 9.17) is 4.74 Å². The largest absolute Gasteiger partial charge is 0.444 e. The van der Waals surface area contributed by atoms with Crippen LogP contribution in [0, 0.1) is 5.92 Å². The molecule has 1 heterocycles. The van der Waals surface area contributed by atoms with Gasteiger partial charge >= 0.3 is 6.09 Å². The van der Waals surface area contributed by atoms with E-state index >= 15 is 0 Å². The van der Waals surface area contributed by atoms with Crippen LogP contribution in [0.4, 0.5) is 13.6 Å². The van der Waals surface area contributed by atoms with Gasteiger partial charge in [-0.25, -0.2) is 13.6 Å². The van der Waals surface area contributed by atoms with E-state index in [1.807, 2.05) is 0 Å². The number of piperidine rings is 1. The van der Waals surface area contributed by atoms with Crippen LogP contribution in [0.3, 0.4) is 0 Å². The normalized spacial score (nSPS) is 22.5. The summed E-state index contributed by atoms with van der Waals surface area (Å²) in [6, 6.07) is 0. The third-order valence-corrected chi connectivity index (χ3v) is 3.76. The van der Waals surface area contributed by atoms with Gasteiger partial charge < -0.3 is 9.64 Å². The van der Waals surface area contributed by atoms with Gasteiger partial charge in [0.2, 0.25) is 0 Å². The Hall–Kier alpha value is -0.960. The van der Waals surface area contributed by atoms with Crippen LogP contribution in [0.1, 0.15) is 33.6 Å². The zero-order valence-electron chi connectivity index (χ0n) is 13.3. The minimum atomic E-state index is -3.64. The van der Waals surface area contributed by atoms with Gasteiger partial charge in [0.1, 0.15) is 5.60 Å². The Bertz CT molecular complexity index is 501. The smallest absolute Gasteiger partial charge is 0.410 e. The first-order valence-electron chi connectivity index (χ1n) is 7.00.